The zero-order chi connectivity index (χ0) is 13.8. The van der Waals surface area contributed by atoms with Crippen LogP contribution in [0.3, 0.4) is 0 Å². The molecule has 7 heteroatoms. The summed E-state index contributed by atoms with van der Waals surface area (Å²) in [4.78, 5) is 29.1. The summed E-state index contributed by atoms with van der Waals surface area (Å²) in [7, 11) is 1.43. The second kappa shape index (κ2) is 5.21. The number of imidazole rings is 1. The van der Waals surface area contributed by atoms with Gasteiger partial charge in [-0.25, -0.2) is 9.78 Å². The van der Waals surface area contributed by atoms with Gasteiger partial charge in [-0.05, 0) is 18.2 Å². The highest BCUT2D eigenvalue weighted by Gasteiger charge is 2.13. The Morgan fingerprint density at radius 3 is 2.79 bits per heavy atom. The highest BCUT2D eigenvalue weighted by atomic mass is 16.5. The van der Waals surface area contributed by atoms with E-state index in [-0.39, 0.29) is 16.9 Å². The van der Waals surface area contributed by atoms with Gasteiger partial charge >= 0.3 is 5.97 Å². The number of H-pyrrole nitrogens is 1. The minimum absolute atomic E-state index is 0.0562. The second-order valence-corrected chi connectivity index (χ2v) is 3.64. The maximum atomic E-state index is 11.8. The van der Waals surface area contributed by atoms with Crippen molar-refractivity contribution in [1.82, 2.24) is 9.97 Å². The number of aromatic carboxylic acids is 1. The van der Waals surface area contributed by atoms with E-state index >= 15 is 0 Å². The van der Waals surface area contributed by atoms with Gasteiger partial charge in [-0.1, -0.05) is 0 Å². The third-order valence-electron chi connectivity index (χ3n) is 2.44. The molecule has 2 rings (SSSR count). The summed E-state index contributed by atoms with van der Waals surface area (Å²) in [5.74, 6) is -1.14. The molecule has 0 saturated heterocycles. The second-order valence-electron chi connectivity index (χ2n) is 3.64. The van der Waals surface area contributed by atoms with Gasteiger partial charge in [0.2, 0.25) is 0 Å². The van der Waals surface area contributed by atoms with E-state index in [0.717, 1.165) is 0 Å². The van der Waals surface area contributed by atoms with E-state index < -0.39 is 11.9 Å². The molecule has 19 heavy (non-hydrogen) atoms. The summed E-state index contributed by atoms with van der Waals surface area (Å²) in [5.41, 5.74) is 0.602. The van der Waals surface area contributed by atoms with E-state index in [9.17, 15) is 9.59 Å². The predicted octanol–water partition coefficient (Wildman–Crippen LogP) is 1.37. The lowest BCUT2D eigenvalue weighted by atomic mass is 10.2. The van der Waals surface area contributed by atoms with Crippen molar-refractivity contribution in [2.75, 3.05) is 12.4 Å². The Balaban J connectivity index is 2.30. The van der Waals surface area contributed by atoms with Crippen LogP contribution in [0.1, 0.15) is 20.8 Å². The molecule has 0 aliphatic rings. The van der Waals surface area contributed by atoms with Gasteiger partial charge in [0.1, 0.15) is 11.4 Å². The molecule has 98 valence electrons. The largest absolute Gasteiger partial charge is 0.495 e. The van der Waals surface area contributed by atoms with Gasteiger partial charge in [0.15, 0.2) is 0 Å². The van der Waals surface area contributed by atoms with Gasteiger partial charge in [-0.3, -0.25) is 4.79 Å². The molecule has 0 spiro atoms. The average Bonchev–Trinajstić information content (AvgIpc) is 2.92. The number of carboxylic acids is 1. The van der Waals surface area contributed by atoms with Crippen LogP contribution >= 0.6 is 0 Å². The fraction of sp³-hybridized carbons (Fsp3) is 0.0833. The maximum absolute atomic E-state index is 11.8. The third-order valence-corrected chi connectivity index (χ3v) is 2.44. The Morgan fingerprint density at radius 2 is 2.21 bits per heavy atom. The molecule has 0 bridgehead atoms. The third kappa shape index (κ3) is 2.71. The van der Waals surface area contributed by atoms with Crippen molar-refractivity contribution in [1.29, 1.82) is 0 Å². The summed E-state index contributed by atoms with van der Waals surface area (Å²) >= 11 is 0. The van der Waals surface area contributed by atoms with E-state index in [1.165, 1.54) is 37.8 Å². The van der Waals surface area contributed by atoms with Crippen LogP contribution in [-0.2, 0) is 0 Å². The molecular weight excluding hydrogens is 250 g/mol. The van der Waals surface area contributed by atoms with Crippen LogP contribution in [-0.4, -0.2) is 34.1 Å². The molecule has 0 fully saturated rings. The minimum atomic E-state index is -1.08. The van der Waals surface area contributed by atoms with Crippen LogP contribution in [0.15, 0.2) is 30.7 Å². The summed E-state index contributed by atoms with van der Waals surface area (Å²) in [6.07, 6.45) is 2.74. The number of aromatic nitrogens is 2. The molecule has 0 aliphatic carbocycles. The molecular formula is C12H11N3O4. The monoisotopic (exact) mass is 261 g/mol. The highest BCUT2D eigenvalue weighted by Crippen LogP contribution is 2.25. The fourth-order valence-corrected chi connectivity index (χ4v) is 1.51. The number of nitrogens with zero attached hydrogens (tertiary/aromatic N) is 1. The van der Waals surface area contributed by atoms with Crippen LogP contribution < -0.4 is 10.1 Å². The van der Waals surface area contributed by atoms with Gasteiger partial charge in [0.25, 0.3) is 5.91 Å². The molecule has 1 amide bonds. The van der Waals surface area contributed by atoms with Crippen LogP contribution in [0.25, 0.3) is 0 Å². The molecule has 1 heterocycles. The van der Waals surface area contributed by atoms with E-state index in [1.54, 1.807) is 0 Å². The van der Waals surface area contributed by atoms with Crippen molar-refractivity contribution in [3.8, 4) is 5.75 Å². The summed E-state index contributed by atoms with van der Waals surface area (Å²) in [5, 5.41) is 11.5. The molecule has 1 aromatic carbocycles. The lowest BCUT2D eigenvalue weighted by Gasteiger charge is -2.10. The highest BCUT2D eigenvalue weighted by molar-refractivity contribution is 6.04. The molecule has 0 unspecified atom stereocenters. The predicted molar refractivity (Wildman–Crippen MR) is 66.5 cm³/mol. The first-order valence-corrected chi connectivity index (χ1v) is 5.33. The van der Waals surface area contributed by atoms with Gasteiger partial charge in [-0.15, -0.1) is 0 Å². The number of hydrogen-bond acceptors (Lipinski definition) is 4. The minimum Gasteiger partial charge on any atom is -0.495 e. The molecule has 3 N–H and O–H groups in total. The van der Waals surface area contributed by atoms with Crippen molar-refractivity contribution in [3.63, 3.8) is 0 Å². The molecule has 0 aliphatic heterocycles. The number of ether oxygens (including phenoxy) is 1. The number of carbonyl (C=O) groups excluding carboxylic acids is 1. The number of rotatable bonds is 4. The number of amides is 1. The summed E-state index contributed by atoms with van der Waals surface area (Å²) < 4.78 is 5.06. The molecule has 0 atom stereocenters. The molecule has 2 aromatic rings. The summed E-state index contributed by atoms with van der Waals surface area (Å²) in [6, 6.07) is 4.20. The quantitative estimate of drug-likeness (QED) is 0.771. The van der Waals surface area contributed by atoms with E-state index in [1.807, 2.05) is 0 Å². The number of hydrogen-bond donors (Lipinski definition) is 3. The van der Waals surface area contributed by atoms with Crippen LogP contribution in [0, 0.1) is 0 Å². The summed E-state index contributed by atoms with van der Waals surface area (Å²) in [6.45, 7) is 0. The Morgan fingerprint density at radius 1 is 1.42 bits per heavy atom. The number of aromatic amines is 1. The van der Waals surface area contributed by atoms with E-state index in [0.29, 0.717) is 5.75 Å². The lowest BCUT2D eigenvalue weighted by Crippen LogP contribution is -2.13. The van der Waals surface area contributed by atoms with Crippen molar-refractivity contribution in [2.45, 2.75) is 0 Å². The van der Waals surface area contributed by atoms with Crippen molar-refractivity contribution < 1.29 is 19.4 Å². The Hall–Kier alpha value is -2.83. The van der Waals surface area contributed by atoms with Gasteiger partial charge in [0, 0.05) is 0 Å². The van der Waals surface area contributed by atoms with Crippen LogP contribution in [0.5, 0.6) is 5.75 Å². The molecule has 0 radical (unpaired) electrons. The fourth-order valence-electron chi connectivity index (χ4n) is 1.51. The van der Waals surface area contributed by atoms with Crippen molar-refractivity contribution in [2.24, 2.45) is 0 Å². The first kappa shape index (κ1) is 12.6. The standard InChI is InChI=1S/C12H11N3O4/c1-19-10-3-2-7(12(17)18)4-8(10)15-11(16)9-5-13-6-14-9/h2-6H,1H3,(H,13,14)(H,15,16)(H,17,18). The number of carbonyl (C=O) groups is 2. The Kier molecular flexibility index (Phi) is 3.46. The maximum Gasteiger partial charge on any atom is 0.335 e. The first-order valence-electron chi connectivity index (χ1n) is 5.33. The van der Waals surface area contributed by atoms with Gasteiger partial charge in [0.05, 0.1) is 30.9 Å². The van der Waals surface area contributed by atoms with Crippen LogP contribution in [0.4, 0.5) is 5.69 Å². The Labute approximate surface area is 108 Å². The van der Waals surface area contributed by atoms with E-state index in [2.05, 4.69) is 15.3 Å². The zero-order valence-electron chi connectivity index (χ0n) is 10.0. The number of benzene rings is 1. The normalized spacial score (nSPS) is 9.95. The van der Waals surface area contributed by atoms with Gasteiger partial charge < -0.3 is 20.1 Å². The molecule has 7 nitrogen and oxygen atoms in total. The van der Waals surface area contributed by atoms with E-state index in [4.69, 9.17) is 9.84 Å². The van der Waals surface area contributed by atoms with Crippen LogP contribution in [0.2, 0.25) is 0 Å². The smallest absolute Gasteiger partial charge is 0.335 e. The Bertz CT molecular complexity index is 607. The van der Waals surface area contributed by atoms with Gasteiger partial charge in [-0.2, -0.15) is 0 Å². The topological polar surface area (TPSA) is 104 Å². The molecule has 1 aromatic heterocycles. The number of methoxy groups -OCH3 is 1. The first-order chi connectivity index (χ1) is 9.11. The SMILES string of the molecule is COc1ccc(C(=O)O)cc1NC(=O)c1cnc[nH]1. The molecule has 0 saturated carbocycles. The van der Waals surface area contributed by atoms with Crippen molar-refractivity contribution in [3.05, 3.63) is 42.0 Å². The zero-order valence-corrected chi connectivity index (χ0v) is 10.0. The average molecular weight is 261 g/mol. The number of anilines is 1. The number of nitrogens with one attached hydrogen (secondary N) is 2. The number of carboxylic acid groups (broad SMARTS) is 1. The van der Waals surface area contributed by atoms with Crippen molar-refractivity contribution >= 4 is 17.6 Å². The lowest BCUT2D eigenvalue weighted by molar-refractivity contribution is 0.0696.